The first-order chi connectivity index (χ1) is 14.8. The monoisotopic (exact) mass is 458 g/mol. The molecule has 7 heteroatoms. The van der Waals surface area contributed by atoms with Gasteiger partial charge >= 0.3 is 0 Å². The van der Waals surface area contributed by atoms with E-state index in [1.165, 1.54) is 15.6 Å². The SMILES string of the molecule is CCC[C@H](C)NC(=O)c1cc2cc(N(CCC)S(=O)(=O)c3ccc(C)cc3)ccc2s1. The molecule has 0 bridgehead atoms. The molecule has 0 saturated heterocycles. The van der Waals surface area contributed by atoms with Crippen molar-refractivity contribution >= 4 is 43.0 Å². The number of fused-ring (bicyclic) bond motifs is 1. The van der Waals surface area contributed by atoms with Crippen LogP contribution in [-0.2, 0) is 10.0 Å². The maximum Gasteiger partial charge on any atom is 0.264 e. The van der Waals surface area contributed by atoms with E-state index in [1.54, 1.807) is 12.1 Å². The molecular formula is C24H30N2O3S2. The minimum Gasteiger partial charge on any atom is -0.349 e. The largest absolute Gasteiger partial charge is 0.349 e. The number of thiophene rings is 1. The maximum atomic E-state index is 13.3. The summed E-state index contributed by atoms with van der Waals surface area (Å²) in [7, 11) is -3.68. The van der Waals surface area contributed by atoms with E-state index in [2.05, 4.69) is 12.2 Å². The molecule has 1 aromatic heterocycles. The predicted molar refractivity (Wildman–Crippen MR) is 130 cm³/mol. The van der Waals surface area contributed by atoms with Gasteiger partial charge in [-0.05, 0) is 68.5 Å². The quantitative estimate of drug-likeness (QED) is 0.445. The van der Waals surface area contributed by atoms with E-state index in [-0.39, 0.29) is 16.8 Å². The Morgan fingerprint density at radius 2 is 1.77 bits per heavy atom. The Morgan fingerprint density at radius 1 is 1.06 bits per heavy atom. The maximum absolute atomic E-state index is 13.3. The number of amides is 1. The van der Waals surface area contributed by atoms with Crippen LogP contribution in [0.2, 0.25) is 0 Å². The summed E-state index contributed by atoms with van der Waals surface area (Å²) in [5.41, 5.74) is 1.62. The lowest BCUT2D eigenvalue weighted by Gasteiger charge is -2.24. The van der Waals surface area contributed by atoms with Crippen LogP contribution in [0.3, 0.4) is 0 Å². The summed E-state index contributed by atoms with van der Waals surface area (Å²) >= 11 is 1.42. The van der Waals surface area contributed by atoms with E-state index >= 15 is 0 Å². The molecule has 0 saturated carbocycles. The van der Waals surface area contributed by atoms with Gasteiger partial charge in [0.15, 0.2) is 0 Å². The van der Waals surface area contributed by atoms with Gasteiger partial charge in [-0.1, -0.05) is 38.0 Å². The topological polar surface area (TPSA) is 66.5 Å². The van der Waals surface area contributed by atoms with E-state index in [0.29, 0.717) is 23.5 Å². The Kier molecular flexibility index (Phi) is 7.38. The highest BCUT2D eigenvalue weighted by Crippen LogP contribution is 2.32. The number of sulfonamides is 1. The first kappa shape index (κ1) is 23.3. The summed E-state index contributed by atoms with van der Waals surface area (Å²) in [4.78, 5) is 13.5. The van der Waals surface area contributed by atoms with Gasteiger partial charge in [0.25, 0.3) is 15.9 Å². The van der Waals surface area contributed by atoms with Crippen molar-refractivity contribution in [1.29, 1.82) is 0 Å². The van der Waals surface area contributed by atoms with Crippen LogP contribution in [0.15, 0.2) is 53.4 Å². The first-order valence-electron chi connectivity index (χ1n) is 10.7. The van der Waals surface area contributed by atoms with E-state index in [0.717, 1.165) is 28.5 Å². The standard InChI is InChI=1S/C24H30N2O3S2/c1-5-7-18(4)25-24(27)23-16-19-15-20(10-13-22(19)30-23)26(14-6-2)31(28,29)21-11-8-17(3)9-12-21/h8-13,15-16,18H,5-7,14H2,1-4H3,(H,25,27)/t18-/m0/s1. The summed E-state index contributed by atoms with van der Waals surface area (Å²) in [5.74, 6) is -0.0820. The van der Waals surface area contributed by atoms with Gasteiger partial charge in [0.05, 0.1) is 15.5 Å². The van der Waals surface area contributed by atoms with Crippen molar-refractivity contribution in [3.05, 3.63) is 59.0 Å². The van der Waals surface area contributed by atoms with Crippen molar-refractivity contribution in [2.45, 2.75) is 57.9 Å². The number of nitrogens with one attached hydrogen (secondary N) is 1. The molecule has 1 atom stereocenters. The van der Waals surface area contributed by atoms with Gasteiger partial charge in [-0.3, -0.25) is 9.10 Å². The number of benzene rings is 2. The third-order valence-corrected chi connectivity index (χ3v) is 8.10. The van der Waals surface area contributed by atoms with Crippen molar-refractivity contribution in [3.63, 3.8) is 0 Å². The molecule has 2 aromatic carbocycles. The first-order valence-corrected chi connectivity index (χ1v) is 13.0. The molecule has 1 N–H and O–H groups in total. The van der Waals surface area contributed by atoms with Crippen LogP contribution in [0.25, 0.3) is 10.1 Å². The molecule has 5 nitrogen and oxygen atoms in total. The Labute approximate surface area is 189 Å². The van der Waals surface area contributed by atoms with Gasteiger partial charge < -0.3 is 5.32 Å². The fourth-order valence-corrected chi connectivity index (χ4v) is 6.02. The highest BCUT2D eigenvalue weighted by molar-refractivity contribution is 7.92. The van der Waals surface area contributed by atoms with E-state index in [1.807, 2.05) is 57.2 Å². The lowest BCUT2D eigenvalue weighted by atomic mass is 10.2. The molecule has 3 rings (SSSR count). The van der Waals surface area contributed by atoms with Crippen molar-refractivity contribution in [2.75, 3.05) is 10.8 Å². The number of aryl methyl sites for hydroxylation is 1. The number of carbonyl (C=O) groups is 1. The highest BCUT2D eigenvalue weighted by atomic mass is 32.2. The number of anilines is 1. The highest BCUT2D eigenvalue weighted by Gasteiger charge is 2.25. The molecule has 31 heavy (non-hydrogen) atoms. The van der Waals surface area contributed by atoms with E-state index < -0.39 is 10.0 Å². The van der Waals surface area contributed by atoms with Crippen LogP contribution in [0.5, 0.6) is 0 Å². The van der Waals surface area contributed by atoms with Gasteiger partial charge in [0, 0.05) is 17.3 Å². The summed E-state index contributed by atoms with van der Waals surface area (Å²) < 4.78 is 29.1. The fourth-order valence-electron chi connectivity index (χ4n) is 3.53. The number of hydrogen-bond donors (Lipinski definition) is 1. The zero-order valence-corrected chi connectivity index (χ0v) is 20.1. The van der Waals surface area contributed by atoms with Gasteiger partial charge in [-0.2, -0.15) is 0 Å². The third-order valence-electron chi connectivity index (χ3n) is 5.15. The van der Waals surface area contributed by atoms with Crippen LogP contribution in [-0.4, -0.2) is 26.9 Å². The van der Waals surface area contributed by atoms with Crippen molar-refractivity contribution in [1.82, 2.24) is 5.32 Å². The summed E-state index contributed by atoms with van der Waals surface area (Å²) in [5, 5.41) is 3.90. The molecule has 1 heterocycles. The van der Waals surface area contributed by atoms with Crippen LogP contribution < -0.4 is 9.62 Å². The zero-order chi connectivity index (χ0) is 22.6. The Bertz CT molecular complexity index is 1150. The van der Waals surface area contributed by atoms with Gasteiger partial charge in [0.1, 0.15) is 0 Å². The third kappa shape index (κ3) is 5.28. The molecule has 0 fully saturated rings. The molecule has 3 aromatic rings. The van der Waals surface area contributed by atoms with Crippen LogP contribution in [0.4, 0.5) is 5.69 Å². The Morgan fingerprint density at radius 3 is 2.42 bits per heavy atom. The fraction of sp³-hybridized carbons (Fsp3) is 0.375. The lowest BCUT2D eigenvalue weighted by molar-refractivity contribution is 0.0942. The predicted octanol–water partition coefficient (Wildman–Crippen LogP) is 5.73. The minimum atomic E-state index is -3.68. The molecule has 0 unspecified atom stereocenters. The summed E-state index contributed by atoms with van der Waals surface area (Å²) in [6, 6.07) is 14.5. The summed E-state index contributed by atoms with van der Waals surface area (Å²) in [6.45, 7) is 8.37. The van der Waals surface area contributed by atoms with Gasteiger partial charge in [-0.15, -0.1) is 11.3 Å². The normalized spacial score (nSPS) is 12.6. The van der Waals surface area contributed by atoms with Crippen molar-refractivity contribution in [2.24, 2.45) is 0 Å². The van der Waals surface area contributed by atoms with E-state index in [9.17, 15) is 13.2 Å². The van der Waals surface area contributed by atoms with Crippen LogP contribution in [0.1, 0.15) is 55.3 Å². The Balaban J connectivity index is 1.94. The van der Waals surface area contributed by atoms with Crippen molar-refractivity contribution < 1.29 is 13.2 Å². The van der Waals surface area contributed by atoms with Gasteiger partial charge in [-0.25, -0.2) is 8.42 Å². The second-order valence-electron chi connectivity index (χ2n) is 7.89. The molecule has 0 radical (unpaired) electrons. The molecule has 0 spiro atoms. The molecule has 1 amide bonds. The number of carbonyl (C=O) groups excluding carboxylic acids is 1. The number of nitrogens with zero attached hydrogens (tertiary/aromatic N) is 1. The average Bonchev–Trinajstić information content (AvgIpc) is 3.16. The smallest absolute Gasteiger partial charge is 0.264 e. The minimum absolute atomic E-state index is 0.0820. The molecule has 0 aliphatic rings. The lowest BCUT2D eigenvalue weighted by Crippen LogP contribution is -2.31. The van der Waals surface area contributed by atoms with Gasteiger partial charge in [0.2, 0.25) is 0 Å². The average molecular weight is 459 g/mol. The van der Waals surface area contributed by atoms with Crippen LogP contribution >= 0.6 is 11.3 Å². The second-order valence-corrected chi connectivity index (χ2v) is 10.8. The second kappa shape index (κ2) is 9.83. The number of rotatable bonds is 9. The zero-order valence-electron chi connectivity index (χ0n) is 18.5. The van der Waals surface area contributed by atoms with Crippen molar-refractivity contribution in [3.8, 4) is 0 Å². The molecular weight excluding hydrogens is 428 g/mol. The summed E-state index contributed by atoms with van der Waals surface area (Å²) in [6.07, 6.45) is 2.64. The molecule has 166 valence electrons. The molecule has 0 aliphatic heterocycles. The molecule has 0 aliphatic carbocycles. The Hall–Kier alpha value is -2.38. The van der Waals surface area contributed by atoms with E-state index in [4.69, 9.17) is 0 Å². The van der Waals surface area contributed by atoms with Crippen LogP contribution in [0, 0.1) is 6.92 Å². The number of hydrogen-bond acceptors (Lipinski definition) is 4.